The molecule has 0 saturated carbocycles. The van der Waals surface area contributed by atoms with Crippen molar-refractivity contribution in [1.82, 2.24) is 10.2 Å². The van der Waals surface area contributed by atoms with Crippen molar-refractivity contribution >= 4 is 34.5 Å². The third-order valence-electron chi connectivity index (χ3n) is 2.01. The van der Waals surface area contributed by atoms with Crippen molar-refractivity contribution in [2.45, 2.75) is 13.0 Å². The topological polar surface area (TPSA) is 51.8 Å². The van der Waals surface area contributed by atoms with E-state index >= 15 is 0 Å². The Balaban J connectivity index is 2.50. The van der Waals surface area contributed by atoms with Crippen LogP contribution in [0.1, 0.15) is 18.0 Å². The van der Waals surface area contributed by atoms with Crippen LogP contribution in [-0.2, 0) is 0 Å². The summed E-state index contributed by atoms with van der Waals surface area (Å²) in [6.07, 6.45) is 0. The molecule has 1 aromatic carbocycles. The first-order valence-corrected chi connectivity index (χ1v) is 6.20. The fourth-order valence-corrected chi connectivity index (χ4v) is 2.78. The number of halogens is 2. The quantitative estimate of drug-likeness (QED) is 0.911. The molecule has 0 aliphatic carbocycles. The lowest BCUT2D eigenvalue weighted by atomic mass is 10.2. The lowest BCUT2D eigenvalue weighted by molar-refractivity contribution is 0.786. The van der Waals surface area contributed by atoms with Gasteiger partial charge in [0.25, 0.3) is 0 Å². The second kappa shape index (κ2) is 4.67. The van der Waals surface area contributed by atoms with Crippen LogP contribution in [0.3, 0.4) is 0 Å². The van der Waals surface area contributed by atoms with Crippen LogP contribution in [0, 0.1) is 0 Å². The van der Waals surface area contributed by atoms with E-state index in [4.69, 9.17) is 28.9 Å². The Kier molecular flexibility index (Phi) is 3.44. The predicted molar refractivity (Wildman–Crippen MR) is 68.0 cm³/mol. The van der Waals surface area contributed by atoms with E-state index in [1.54, 1.807) is 18.2 Å². The van der Waals surface area contributed by atoms with Crippen LogP contribution in [0.2, 0.25) is 10.0 Å². The van der Waals surface area contributed by atoms with Crippen molar-refractivity contribution in [3.8, 4) is 10.6 Å². The Morgan fingerprint density at radius 3 is 2.38 bits per heavy atom. The van der Waals surface area contributed by atoms with Gasteiger partial charge in [-0.3, -0.25) is 0 Å². The van der Waals surface area contributed by atoms with Gasteiger partial charge in [0, 0.05) is 5.56 Å². The van der Waals surface area contributed by atoms with E-state index in [9.17, 15) is 0 Å². The van der Waals surface area contributed by atoms with Gasteiger partial charge in [-0.25, -0.2) is 0 Å². The van der Waals surface area contributed by atoms with E-state index in [0.29, 0.717) is 15.1 Å². The maximum Gasteiger partial charge on any atom is 0.150 e. The number of nitrogens with two attached hydrogens (primary N) is 1. The summed E-state index contributed by atoms with van der Waals surface area (Å²) < 4.78 is 0. The highest BCUT2D eigenvalue weighted by Gasteiger charge is 2.14. The minimum absolute atomic E-state index is 0.132. The van der Waals surface area contributed by atoms with Gasteiger partial charge in [-0.05, 0) is 19.1 Å². The molecule has 0 spiro atoms. The molecule has 16 heavy (non-hydrogen) atoms. The van der Waals surface area contributed by atoms with Crippen LogP contribution in [0.15, 0.2) is 18.2 Å². The second-order valence-corrected chi connectivity index (χ2v) is 5.15. The molecule has 0 aliphatic rings. The number of hydrogen-bond donors (Lipinski definition) is 1. The Morgan fingerprint density at radius 2 is 1.88 bits per heavy atom. The fraction of sp³-hybridized carbons (Fsp3) is 0.200. The Bertz CT molecular complexity index is 490. The van der Waals surface area contributed by atoms with Gasteiger partial charge in [-0.1, -0.05) is 40.6 Å². The molecule has 1 aromatic heterocycles. The highest BCUT2D eigenvalue weighted by atomic mass is 35.5. The average Bonchev–Trinajstić information content (AvgIpc) is 2.66. The zero-order valence-corrected chi connectivity index (χ0v) is 10.8. The van der Waals surface area contributed by atoms with E-state index in [1.807, 2.05) is 6.92 Å². The van der Waals surface area contributed by atoms with Crippen molar-refractivity contribution in [2.75, 3.05) is 0 Å². The van der Waals surface area contributed by atoms with Crippen molar-refractivity contribution in [1.29, 1.82) is 0 Å². The van der Waals surface area contributed by atoms with Gasteiger partial charge in [0.1, 0.15) is 5.01 Å². The molecule has 1 unspecified atom stereocenters. The number of rotatable bonds is 2. The second-order valence-electron chi connectivity index (χ2n) is 3.33. The maximum absolute atomic E-state index is 6.08. The van der Waals surface area contributed by atoms with Crippen molar-refractivity contribution < 1.29 is 0 Å². The molecule has 0 amide bonds. The van der Waals surface area contributed by atoms with Gasteiger partial charge in [0.15, 0.2) is 5.01 Å². The molecule has 0 radical (unpaired) electrons. The Labute approximate surface area is 107 Å². The standard InChI is InChI=1S/C10H9Cl2N3S/c1-5(13)9-14-15-10(16-9)8-6(11)3-2-4-7(8)12/h2-5H,13H2,1H3. The first-order chi connectivity index (χ1) is 7.59. The minimum atomic E-state index is -0.132. The predicted octanol–water partition coefficient (Wildman–Crippen LogP) is 3.53. The molecule has 2 aromatic rings. The van der Waals surface area contributed by atoms with Crippen molar-refractivity contribution in [2.24, 2.45) is 5.73 Å². The van der Waals surface area contributed by atoms with Crippen LogP contribution >= 0.6 is 34.5 Å². The zero-order chi connectivity index (χ0) is 11.7. The summed E-state index contributed by atoms with van der Waals surface area (Å²) in [6.45, 7) is 1.86. The summed E-state index contributed by atoms with van der Waals surface area (Å²) in [5, 5.41) is 10.7. The van der Waals surface area contributed by atoms with E-state index in [0.717, 1.165) is 10.6 Å². The molecular weight excluding hydrogens is 265 g/mol. The van der Waals surface area contributed by atoms with Crippen molar-refractivity contribution in [3.63, 3.8) is 0 Å². The third kappa shape index (κ3) is 2.20. The molecule has 1 atom stereocenters. The van der Waals surface area contributed by atoms with E-state index in [1.165, 1.54) is 11.3 Å². The van der Waals surface area contributed by atoms with E-state index < -0.39 is 0 Å². The van der Waals surface area contributed by atoms with Crippen LogP contribution in [-0.4, -0.2) is 10.2 Å². The average molecular weight is 274 g/mol. The molecule has 2 rings (SSSR count). The number of benzene rings is 1. The SMILES string of the molecule is CC(N)c1nnc(-c2c(Cl)cccc2Cl)s1. The molecule has 0 fully saturated rings. The molecule has 1 heterocycles. The largest absolute Gasteiger partial charge is 0.322 e. The van der Waals surface area contributed by atoms with Crippen LogP contribution in [0.25, 0.3) is 10.6 Å². The monoisotopic (exact) mass is 273 g/mol. The number of nitrogens with zero attached hydrogens (tertiary/aromatic N) is 2. The fourth-order valence-electron chi connectivity index (χ4n) is 1.22. The molecular formula is C10H9Cl2N3S. The molecule has 84 valence electrons. The minimum Gasteiger partial charge on any atom is -0.322 e. The van der Waals surface area contributed by atoms with Gasteiger partial charge in [0.2, 0.25) is 0 Å². The van der Waals surface area contributed by atoms with Crippen LogP contribution < -0.4 is 5.73 Å². The van der Waals surface area contributed by atoms with Gasteiger partial charge in [-0.2, -0.15) is 0 Å². The molecule has 6 heteroatoms. The molecule has 0 bridgehead atoms. The molecule has 0 aliphatic heterocycles. The number of aromatic nitrogens is 2. The van der Waals surface area contributed by atoms with Crippen LogP contribution in [0.5, 0.6) is 0 Å². The number of hydrogen-bond acceptors (Lipinski definition) is 4. The normalized spacial score (nSPS) is 12.8. The summed E-state index contributed by atoms with van der Waals surface area (Å²) in [7, 11) is 0. The van der Waals surface area contributed by atoms with Crippen LogP contribution in [0.4, 0.5) is 0 Å². The maximum atomic E-state index is 6.08. The summed E-state index contributed by atoms with van der Waals surface area (Å²) in [5.74, 6) is 0. The van der Waals surface area contributed by atoms with E-state index in [-0.39, 0.29) is 6.04 Å². The summed E-state index contributed by atoms with van der Waals surface area (Å²) in [5.41, 5.74) is 6.44. The first kappa shape index (κ1) is 11.8. The first-order valence-electron chi connectivity index (χ1n) is 4.63. The van der Waals surface area contributed by atoms with Gasteiger partial charge >= 0.3 is 0 Å². The lowest BCUT2D eigenvalue weighted by Gasteiger charge is -2.01. The van der Waals surface area contributed by atoms with Crippen molar-refractivity contribution in [3.05, 3.63) is 33.3 Å². The highest BCUT2D eigenvalue weighted by molar-refractivity contribution is 7.14. The highest BCUT2D eigenvalue weighted by Crippen LogP contribution is 2.36. The summed E-state index contributed by atoms with van der Waals surface area (Å²) in [6, 6.07) is 5.21. The van der Waals surface area contributed by atoms with Gasteiger partial charge in [0.05, 0.1) is 16.1 Å². The summed E-state index contributed by atoms with van der Waals surface area (Å²) in [4.78, 5) is 0. The molecule has 0 saturated heterocycles. The molecule has 2 N–H and O–H groups in total. The third-order valence-corrected chi connectivity index (χ3v) is 3.78. The van der Waals surface area contributed by atoms with Gasteiger partial charge in [-0.15, -0.1) is 10.2 Å². The summed E-state index contributed by atoms with van der Waals surface area (Å²) >= 11 is 13.6. The van der Waals surface area contributed by atoms with Gasteiger partial charge < -0.3 is 5.73 Å². The lowest BCUT2D eigenvalue weighted by Crippen LogP contribution is -2.03. The Hall–Kier alpha value is -0.680. The molecule has 3 nitrogen and oxygen atoms in total. The Morgan fingerprint density at radius 1 is 1.25 bits per heavy atom. The van der Waals surface area contributed by atoms with E-state index in [2.05, 4.69) is 10.2 Å². The zero-order valence-electron chi connectivity index (χ0n) is 8.45. The smallest absolute Gasteiger partial charge is 0.150 e.